The fourth-order valence-corrected chi connectivity index (χ4v) is 2.21. The van der Waals surface area contributed by atoms with E-state index in [4.69, 9.17) is 0 Å². The molecule has 0 saturated heterocycles. The normalized spacial score (nSPS) is 13.7. The highest BCUT2D eigenvalue weighted by Crippen LogP contribution is 2.33. The van der Waals surface area contributed by atoms with Crippen molar-refractivity contribution in [2.24, 2.45) is 0 Å². The van der Waals surface area contributed by atoms with E-state index >= 15 is 0 Å². The number of rotatable bonds is 3. The van der Waals surface area contributed by atoms with Gasteiger partial charge in [0.15, 0.2) is 0 Å². The molecule has 0 fully saturated rings. The van der Waals surface area contributed by atoms with Crippen LogP contribution >= 0.6 is 0 Å². The van der Waals surface area contributed by atoms with Crippen molar-refractivity contribution in [3.05, 3.63) is 36.7 Å². The summed E-state index contributed by atoms with van der Waals surface area (Å²) < 4.78 is 0. The number of carbonyl (C=O) groups is 1. The SMILES string of the molecule is CCNc1cc(N2CC(=O)Nc3ccccc32)ncn1. The Morgan fingerprint density at radius 2 is 2.20 bits per heavy atom. The van der Waals surface area contributed by atoms with Crippen LogP contribution in [0.5, 0.6) is 0 Å². The first-order valence-corrected chi connectivity index (χ1v) is 6.50. The first-order valence-electron chi connectivity index (χ1n) is 6.50. The topological polar surface area (TPSA) is 70.2 Å². The summed E-state index contributed by atoms with van der Waals surface area (Å²) in [6, 6.07) is 9.52. The van der Waals surface area contributed by atoms with Crippen molar-refractivity contribution in [2.45, 2.75) is 6.92 Å². The van der Waals surface area contributed by atoms with Gasteiger partial charge in [0.1, 0.15) is 24.5 Å². The number of nitrogens with zero attached hydrogens (tertiary/aromatic N) is 3. The van der Waals surface area contributed by atoms with Crippen molar-refractivity contribution in [2.75, 3.05) is 28.6 Å². The van der Waals surface area contributed by atoms with Crippen LogP contribution in [-0.2, 0) is 4.79 Å². The Balaban J connectivity index is 2.01. The van der Waals surface area contributed by atoms with Crippen molar-refractivity contribution in [3.8, 4) is 0 Å². The second-order valence-electron chi connectivity index (χ2n) is 4.44. The quantitative estimate of drug-likeness (QED) is 0.891. The Labute approximate surface area is 116 Å². The molecule has 0 radical (unpaired) electrons. The fourth-order valence-electron chi connectivity index (χ4n) is 2.21. The maximum atomic E-state index is 11.8. The van der Waals surface area contributed by atoms with Gasteiger partial charge in [-0.05, 0) is 19.1 Å². The van der Waals surface area contributed by atoms with E-state index in [0.29, 0.717) is 5.82 Å². The Hall–Kier alpha value is -2.63. The number of amides is 1. The average molecular weight is 269 g/mol. The molecule has 1 aliphatic heterocycles. The van der Waals surface area contributed by atoms with Crippen molar-refractivity contribution in [3.63, 3.8) is 0 Å². The van der Waals surface area contributed by atoms with Gasteiger partial charge in [0, 0.05) is 12.6 Å². The monoisotopic (exact) mass is 269 g/mol. The number of hydrogen-bond acceptors (Lipinski definition) is 5. The largest absolute Gasteiger partial charge is 0.370 e. The summed E-state index contributed by atoms with van der Waals surface area (Å²) in [5.41, 5.74) is 1.74. The molecule has 2 N–H and O–H groups in total. The molecule has 0 bridgehead atoms. The Kier molecular flexibility index (Phi) is 3.20. The third kappa shape index (κ3) is 2.27. The second-order valence-corrected chi connectivity index (χ2v) is 4.44. The molecule has 0 spiro atoms. The Morgan fingerprint density at radius 3 is 3.05 bits per heavy atom. The van der Waals surface area contributed by atoms with Gasteiger partial charge in [-0.3, -0.25) is 4.79 Å². The maximum Gasteiger partial charge on any atom is 0.244 e. The average Bonchev–Trinajstić information content (AvgIpc) is 2.47. The van der Waals surface area contributed by atoms with Crippen molar-refractivity contribution in [1.82, 2.24) is 9.97 Å². The van der Waals surface area contributed by atoms with Crippen LogP contribution in [0.15, 0.2) is 36.7 Å². The lowest BCUT2D eigenvalue weighted by Crippen LogP contribution is -2.35. The molecular formula is C14H15N5O. The lowest BCUT2D eigenvalue weighted by atomic mass is 10.2. The summed E-state index contributed by atoms with van der Waals surface area (Å²) in [6.07, 6.45) is 1.50. The minimum absolute atomic E-state index is 0.0488. The van der Waals surface area contributed by atoms with Crippen LogP contribution in [-0.4, -0.2) is 29.0 Å². The molecule has 1 aliphatic rings. The first-order chi connectivity index (χ1) is 9.78. The summed E-state index contributed by atoms with van der Waals surface area (Å²) in [7, 11) is 0. The zero-order valence-corrected chi connectivity index (χ0v) is 11.1. The van der Waals surface area contributed by atoms with E-state index < -0.39 is 0 Å². The van der Waals surface area contributed by atoms with Gasteiger partial charge < -0.3 is 15.5 Å². The molecule has 1 aromatic heterocycles. The number of hydrogen-bond donors (Lipinski definition) is 2. The zero-order chi connectivity index (χ0) is 13.9. The van der Waals surface area contributed by atoms with Gasteiger partial charge in [-0.2, -0.15) is 0 Å². The second kappa shape index (κ2) is 5.16. The highest BCUT2D eigenvalue weighted by Gasteiger charge is 2.23. The number of fused-ring (bicyclic) bond motifs is 1. The third-order valence-electron chi connectivity index (χ3n) is 3.06. The molecule has 2 aromatic rings. The van der Waals surface area contributed by atoms with Crippen molar-refractivity contribution < 1.29 is 4.79 Å². The van der Waals surface area contributed by atoms with Crippen LogP contribution in [0.4, 0.5) is 23.0 Å². The summed E-state index contributed by atoms with van der Waals surface area (Å²) in [5.74, 6) is 1.41. The predicted octanol–water partition coefficient (Wildman–Crippen LogP) is 2.00. The summed E-state index contributed by atoms with van der Waals surface area (Å²) >= 11 is 0. The smallest absolute Gasteiger partial charge is 0.244 e. The summed E-state index contributed by atoms with van der Waals surface area (Å²) in [6.45, 7) is 3.04. The van der Waals surface area contributed by atoms with Gasteiger partial charge in [0.25, 0.3) is 0 Å². The molecule has 1 amide bonds. The molecule has 0 unspecified atom stereocenters. The lowest BCUT2D eigenvalue weighted by molar-refractivity contribution is -0.115. The molecule has 1 aromatic carbocycles. The number of carbonyl (C=O) groups excluding carboxylic acids is 1. The van der Waals surface area contributed by atoms with Crippen molar-refractivity contribution >= 4 is 28.9 Å². The van der Waals surface area contributed by atoms with E-state index in [-0.39, 0.29) is 12.5 Å². The molecule has 20 heavy (non-hydrogen) atoms. The van der Waals surface area contributed by atoms with Gasteiger partial charge in [0.05, 0.1) is 11.4 Å². The van der Waals surface area contributed by atoms with Crippen LogP contribution < -0.4 is 15.5 Å². The number of anilines is 4. The van der Waals surface area contributed by atoms with Crippen LogP contribution in [0.25, 0.3) is 0 Å². The Bertz CT molecular complexity index is 643. The molecular weight excluding hydrogens is 254 g/mol. The minimum Gasteiger partial charge on any atom is -0.370 e. The van der Waals surface area contributed by atoms with Gasteiger partial charge in [-0.15, -0.1) is 0 Å². The van der Waals surface area contributed by atoms with Gasteiger partial charge >= 0.3 is 0 Å². The molecule has 6 nitrogen and oxygen atoms in total. The molecule has 3 rings (SSSR count). The standard InChI is InChI=1S/C14H15N5O/c1-2-15-12-7-13(17-9-16-12)19-8-14(20)18-10-5-3-4-6-11(10)19/h3-7,9H,2,8H2,1H3,(H,18,20)(H,15,16,17). The molecule has 102 valence electrons. The maximum absolute atomic E-state index is 11.8. The van der Waals surface area contributed by atoms with E-state index in [9.17, 15) is 4.79 Å². The molecule has 6 heteroatoms. The van der Waals surface area contributed by atoms with Crippen LogP contribution in [0.2, 0.25) is 0 Å². The van der Waals surface area contributed by atoms with E-state index in [1.165, 1.54) is 6.33 Å². The van der Waals surface area contributed by atoms with E-state index in [1.807, 2.05) is 42.2 Å². The highest BCUT2D eigenvalue weighted by atomic mass is 16.2. The lowest BCUT2D eigenvalue weighted by Gasteiger charge is -2.29. The predicted molar refractivity (Wildman–Crippen MR) is 78.3 cm³/mol. The molecule has 2 heterocycles. The molecule has 0 aliphatic carbocycles. The molecule has 0 saturated carbocycles. The third-order valence-corrected chi connectivity index (χ3v) is 3.06. The number of benzene rings is 1. The van der Waals surface area contributed by atoms with E-state index in [2.05, 4.69) is 20.6 Å². The fraction of sp³-hybridized carbons (Fsp3) is 0.214. The van der Waals surface area contributed by atoms with E-state index in [1.54, 1.807) is 0 Å². The first kappa shape index (κ1) is 12.4. The number of para-hydroxylation sites is 2. The van der Waals surface area contributed by atoms with Crippen LogP contribution in [0, 0.1) is 0 Å². The molecule has 0 atom stereocenters. The minimum atomic E-state index is -0.0488. The summed E-state index contributed by atoms with van der Waals surface area (Å²) in [4.78, 5) is 22.1. The number of nitrogens with one attached hydrogen (secondary N) is 2. The summed E-state index contributed by atoms with van der Waals surface area (Å²) in [5, 5.41) is 6.00. The van der Waals surface area contributed by atoms with Crippen LogP contribution in [0.1, 0.15) is 6.92 Å². The van der Waals surface area contributed by atoms with Crippen LogP contribution in [0.3, 0.4) is 0 Å². The van der Waals surface area contributed by atoms with Gasteiger partial charge in [0.2, 0.25) is 5.91 Å². The van der Waals surface area contributed by atoms with Gasteiger partial charge in [-0.1, -0.05) is 12.1 Å². The zero-order valence-electron chi connectivity index (χ0n) is 11.1. The highest BCUT2D eigenvalue weighted by molar-refractivity contribution is 6.02. The Morgan fingerprint density at radius 1 is 1.35 bits per heavy atom. The van der Waals surface area contributed by atoms with E-state index in [0.717, 1.165) is 23.7 Å². The van der Waals surface area contributed by atoms with Crippen molar-refractivity contribution in [1.29, 1.82) is 0 Å². The number of aromatic nitrogens is 2. The van der Waals surface area contributed by atoms with Gasteiger partial charge in [-0.25, -0.2) is 9.97 Å².